The van der Waals surface area contributed by atoms with Gasteiger partial charge in [-0.2, -0.15) is 0 Å². The summed E-state index contributed by atoms with van der Waals surface area (Å²) in [7, 11) is 0. The second-order valence-electron chi connectivity index (χ2n) is 3.52. The highest BCUT2D eigenvalue weighted by Gasteiger charge is 2.10. The van der Waals surface area contributed by atoms with E-state index in [1.165, 1.54) is 12.5 Å². The zero-order valence-corrected chi connectivity index (χ0v) is 8.88. The van der Waals surface area contributed by atoms with Gasteiger partial charge >= 0.3 is 5.97 Å². The summed E-state index contributed by atoms with van der Waals surface area (Å²) in [6.07, 6.45) is 3.32. The zero-order valence-electron chi connectivity index (χ0n) is 8.88. The fourth-order valence-corrected chi connectivity index (χ4v) is 1.09. The van der Waals surface area contributed by atoms with Crippen molar-refractivity contribution in [1.82, 2.24) is 0 Å². The predicted octanol–water partition coefficient (Wildman–Crippen LogP) is 2.79. The minimum Gasteiger partial charge on any atom is -0.463 e. The van der Waals surface area contributed by atoms with Crippen molar-refractivity contribution in [2.24, 2.45) is 11.8 Å². The van der Waals surface area contributed by atoms with Gasteiger partial charge in [-0.25, -0.2) is 4.79 Å². The lowest BCUT2D eigenvalue weighted by Gasteiger charge is -2.17. The molecule has 0 saturated carbocycles. The Hall–Kier alpha value is -0.790. The number of ether oxygens (including phenoxy) is 1. The van der Waals surface area contributed by atoms with Crippen LogP contribution in [0.4, 0.5) is 0 Å². The molecule has 0 amide bonds. The van der Waals surface area contributed by atoms with Crippen LogP contribution in [0.2, 0.25) is 0 Å². The van der Waals surface area contributed by atoms with E-state index in [0.29, 0.717) is 18.4 Å². The molecule has 2 unspecified atom stereocenters. The summed E-state index contributed by atoms with van der Waals surface area (Å²) in [5.74, 6) is 0.987. The number of esters is 1. The van der Waals surface area contributed by atoms with Gasteiger partial charge in [0.25, 0.3) is 0 Å². The molecule has 0 aromatic heterocycles. The van der Waals surface area contributed by atoms with Gasteiger partial charge < -0.3 is 4.74 Å². The molecule has 0 aliphatic heterocycles. The summed E-state index contributed by atoms with van der Waals surface area (Å²) in [6.45, 7) is 10.4. The molecule has 0 bridgehead atoms. The SMILES string of the molecule is C=CC(=O)OCCC(C)C(C)CC. The maximum atomic E-state index is 10.7. The van der Waals surface area contributed by atoms with Crippen molar-refractivity contribution in [1.29, 1.82) is 0 Å². The lowest BCUT2D eigenvalue weighted by molar-refractivity contribution is -0.138. The Morgan fingerprint density at radius 2 is 2.08 bits per heavy atom. The Balaban J connectivity index is 3.52. The van der Waals surface area contributed by atoms with Gasteiger partial charge in [-0.15, -0.1) is 0 Å². The van der Waals surface area contributed by atoms with Gasteiger partial charge in [0.2, 0.25) is 0 Å². The molecule has 13 heavy (non-hydrogen) atoms. The molecule has 0 aliphatic carbocycles. The van der Waals surface area contributed by atoms with Gasteiger partial charge in [-0.1, -0.05) is 33.8 Å². The fraction of sp³-hybridized carbons (Fsp3) is 0.727. The zero-order chi connectivity index (χ0) is 10.3. The molecular weight excluding hydrogens is 164 g/mol. The largest absolute Gasteiger partial charge is 0.463 e. The van der Waals surface area contributed by atoms with Gasteiger partial charge in [-0.05, 0) is 18.3 Å². The Morgan fingerprint density at radius 1 is 1.46 bits per heavy atom. The van der Waals surface area contributed by atoms with E-state index in [-0.39, 0.29) is 5.97 Å². The summed E-state index contributed by atoms with van der Waals surface area (Å²) in [5.41, 5.74) is 0. The summed E-state index contributed by atoms with van der Waals surface area (Å²) in [6, 6.07) is 0. The predicted molar refractivity (Wildman–Crippen MR) is 54.4 cm³/mol. The first-order valence-corrected chi connectivity index (χ1v) is 4.91. The van der Waals surface area contributed by atoms with Crippen LogP contribution in [-0.2, 0) is 9.53 Å². The second kappa shape index (κ2) is 6.70. The Labute approximate surface area is 81.0 Å². The molecule has 0 saturated heterocycles. The first-order chi connectivity index (χ1) is 6.11. The molecular formula is C11H20O2. The van der Waals surface area contributed by atoms with Gasteiger partial charge in [0.05, 0.1) is 6.61 Å². The van der Waals surface area contributed by atoms with Crippen molar-refractivity contribution in [3.05, 3.63) is 12.7 Å². The first kappa shape index (κ1) is 12.2. The summed E-state index contributed by atoms with van der Waals surface area (Å²) in [4.78, 5) is 10.7. The number of hydrogen-bond acceptors (Lipinski definition) is 2. The van der Waals surface area contributed by atoms with E-state index in [1.54, 1.807) is 0 Å². The smallest absolute Gasteiger partial charge is 0.330 e. The van der Waals surface area contributed by atoms with E-state index < -0.39 is 0 Å². The topological polar surface area (TPSA) is 26.3 Å². The molecule has 0 heterocycles. The molecule has 2 nitrogen and oxygen atoms in total. The van der Waals surface area contributed by atoms with Crippen molar-refractivity contribution >= 4 is 5.97 Å². The fourth-order valence-electron chi connectivity index (χ4n) is 1.09. The van der Waals surface area contributed by atoms with Crippen molar-refractivity contribution in [3.63, 3.8) is 0 Å². The third kappa shape index (κ3) is 5.45. The Bertz CT molecular complexity index is 163. The van der Waals surface area contributed by atoms with Crippen molar-refractivity contribution in [2.75, 3.05) is 6.61 Å². The highest BCUT2D eigenvalue weighted by Crippen LogP contribution is 2.17. The van der Waals surface area contributed by atoms with Crippen LogP contribution in [0.25, 0.3) is 0 Å². The van der Waals surface area contributed by atoms with E-state index in [9.17, 15) is 4.79 Å². The van der Waals surface area contributed by atoms with E-state index >= 15 is 0 Å². The van der Waals surface area contributed by atoms with Gasteiger partial charge in [0.15, 0.2) is 0 Å². The first-order valence-electron chi connectivity index (χ1n) is 4.91. The highest BCUT2D eigenvalue weighted by molar-refractivity contribution is 5.81. The molecule has 0 spiro atoms. The van der Waals surface area contributed by atoms with Crippen LogP contribution in [0, 0.1) is 11.8 Å². The van der Waals surface area contributed by atoms with E-state index in [1.807, 2.05) is 0 Å². The molecule has 0 aliphatic rings. The van der Waals surface area contributed by atoms with E-state index in [4.69, 9.17) is 4.74 Å². The second-order valence-corrected chi connectivity index (χ2v) is 3.52. The summed E-state index contributed by atoms with van der Waals surface area (Å²) < 4.78 is 4.90. The van der Waals surface area contributed by atoms with Gasteiger partial charge in [0, 0.05) is 6.08 Å². The lowest BCUT2D eigenvalue weighted by Crippen LogP contribution is -2.11. The quantitative estimate of drug-likeness (QED) is 0.468. The van der Waals surface area contributed by atoms with Gasteiger partial charge in [0.1, 0.15) is 0 Å². The third-order valence-electron chi connectivity index (χ3n) is 2.60. The molecule has 0 radical (unpaired) electrons. The number of carbonyl (C=O) groups excluding carboxylic acids is 1. The van der Waals surface area contributed by atoms with E-state index in [2.05, 4.69) is 27.4 Å². The van der Waals surface area contributed by atoms with Crippen molar-refractivity contribution in [3.8, 4) is 0 Å². The number of hydrogen-bond donors (Lipinski definition) is 0. The molecule has 0 rings (SSSR count). The molecule has 0 aromatic carbocycles. The minimum absolute atomic E-state index is 0.323. The van der Waals surface area contributed by atoms with Crippen LogP contribution in [0.3, 0.4) is 0 Å². The maximum Gasteiger partial charge on any atom is 0.330 e. The highest BCUT2D eigenvalue weighted by atomic mass is 16.5. The van der Waals surface area contributed by atoms with Crippen LogP contribution in [0.15, 0.2) is 12.7 Å². The average Bonchev–Trinajstić information content (AvgIpc) is 2.15. The molecule has 0 fully saturated rings. The molecule has 0 aromatic rings. The Kier molecular flexibility index (Phi) is 6.29. The van der Waals surface area contributed by atoms with Gasteiger partial charge in [-0.3, -0.25) is 0 Å². The van der Waals surface area contributed by atoms with Crippen molar-refractivity contribution in [2.45, 2.75) is 33.6 Å². The average molecular weight is 184 g/mol. The van der Waals surface area contributed by atoms with E-state index in [0.717, 1.165) is 6.42 Å². The lowest BCUT2D eigenvalue weighted by atomic mass is 9.91. The van der Waals surface area contributed by atoms with Crippen LogP contribution in [-0.4, -0.2) is 12.6 Å². The molecule has 2 atom stereocenters. The maximum absolute atomic E-state index is 10.7. The normalized spacial score (nSPS) is 14.7. The third-order valence-corrected chi connectivity index (χ3v) is 2.60. The van der Waals surface area contributed by atoms with Crippen LogP contribution >= 0.6 is 0 Å². The monoisotopic (exact) mass is 184 g/mol. The van der Waals surface area contributed by atoms with Crippen LogP contribution in [0.1, 0.15) is 33.6 Å². The van der Waals surface area contributed by atoms with Crippen LogP contribution in [0.5, 0.6) is 0 Å². The number of carbonyl (C=O) groups is 1. The number of rotatable bonds is 6. The molecule has 0 N–H and O–H groups in total. The molecule has 76 valence electrons. The molecule has 2 heteroatoms. The minimum atomic E-state index is -0.323. The summed E-state index contributed by atoms with van der Waals surface area (Å²) in [5, 5.41) is 0. The Morgan fingerprint density at radius 3 is 2.54 bits per heavy atom. The standard InChI is InChI=1S/C11H20O2/c1-5-9(3)10(4)7-8-13-11(12)6-2/h6,9-10H,2,5,7-8H2,1,3-4H3. The van der Waals surface area contributed by atoms with Crippen LogP contribution < -0.4 is 0 Å². The van der Waals surface area contributed by atoms with Crippen molar-refractivity contribution < 1.29 is 9.53 Å². The summed E-state index contributed by atoms with van der Waals surface area (Å²) >= 11 is 0.